The Morgan fingerprint density at radius 1 is 0.941 bits per heavy atom. The Labute approximate surface area is 104 Å². The van der Waals surface area contributed by atoms with Gasteiger partial charge in [0.25, 0.3) is 0 Å². The molecular formula is C14H23NO2. The smallest absolute Gasteiger partial charge is 0.124 e. The molecule has 0 heterocycles. The van der Waals surface area contributed by atoms with E-state index in [9.17, 15) is 0 Å². The largest absolute Gasteiger partial charge is 0.497 e. The standard InChI is InChI=1S/C14H23NO2/c1-4-5-6-7-8-15-12-9-13(16-2)11-14(10-12)17-3/h9-11,15H,4-8H2,1-3H3. The highest BCUT2D eigenvalue weighted by molar-refractivity contribution is 5.53. The van der Waals surface area contributed by atoms with Crippen LogP contribution in [-0.2, 0) is 0 Å². The molecule has 17 heavy (non-hydrogen) atoms. The van der Waals surface area contributed by atoms with E-state index in [0.717, 1.165) is 23.7 Å². The van der Waals surface area contributed by atoms with Crippen molar-refractivity contribution in [2.45, 2.75) is 32.6 Å². The van der Waals surface area contributed by atoms with Gasteiger partial charge in [-0.05, 0) is 6.42 Å². The summed E-state index contributed by atoms with van der Waals surface area (Å²) < 4.78 is 10.4. The third-order valence-corrected chi connectivity index (χ3v) is 2.71. The minimum Gasteiger partial charge on any atom is -0.497 e. The number of anilines is 1. The highest BCUT2D eigenvalue weighted by Crippen LogP contribution is 2.25. The van der Waals surface area contributed by atoms with Crippen LogP contribution >= 0.6 is 0 Å². The van der Waals surface area contributed by atoms with Gasteiger partial charge in [0, 0.05) is 30.4 Å². The zero-order valence-corrected chi connectivity index (χ0v) is 11.1. The Balaban J connectivity index is 2.46. The lowest BCUT2D eigenvalue weighted by Gasteiger charge is -2.10. The molecule has 0 bridgehead atoms. The van der Waals surface area contributed by atoms with Crippen LogP contribution in [0.3, 0.4) is 0 Å². The molecule has 1 rings (SSSR count). The van der Waals surface area contributed by atoms with Crippen LogP contribution in [0.5, 0.6) is 11.5 Å². The van der Waals surface area contributed by atoms with Gasteiger partial charge < -0.3 is 14.8 Å². The molecule has 0 aliphatic rings. The molecule has 0 saturated heterocycles. The Bertz CT molecular complexity index is 304. The van der Waals surface area contributed by atoms with Crippen LogP contribution in [0.1, 0.15) is 32.6 Å². The van der Waals surface area contributed by atoms with Gasteiger partial charge in [0.1, 0.15) is 11.5 Å². The fourth-order valence-corrected chi connectivity index (χ4v) is 1.69. The maximum atomic E-state index is 5.22. The lowest BCUT2D eigenvalue weighted by Crippen LogP contribution is -2.02. The number of rotatable bonds is 8. The van der Waals surface area contributed by atoms with E-state index in [1.165, 1.54) is 25.7 Å². The van der Waals surface area contributed by atoms with Crippen LogP contribution in [-0.4, -0.2) is 20.8 Å². The van der Waals surface area contributed by atoms with E-state index in [2.05, 4.69) is 12.2 Å². The molecule has 0 fully saturated rings. The van der Waals surface area contributed by atoms with Crippen molar-refractivity contribution in [2.24, 2.45) is 0 Å². The molecule has 0 spiro atoms. The Kier molecular flexibility index (Phi) is 6.30. The molecule has 0 aliphatic heterocycles. The van der Waals surface area contributed by atoms with Crippen molar-refractivity contribution in [2.75, 3.05) is 26.1 Å². The number of nitrogens with one attached hydrogen (secondary N) is 1. The minimum absolute atomic E-state index is 0.820. The molecule has 0 aliphatic carbocycles. The van der Waals surface area contributed by atoms with Gasteiger partial charge in [-0.3, -0.25) is 0 Å². The third-order valence-electron chi connectivity index (χ3n) is 2.71. The van der Waals surface area contributed by atoms with Gasteiger partial charge in [-0.25, -0.2) is 0 Å². The average Bonchev–Trinajstić information content (AvgIpc) is 2.38. The highest BCUT2D eigenvalue weighted by Gasteiger charge is 2.00. The van der Waals surface area contributed by atoms with Crippen molar-refractivity contribution in [1.29, 1.82) is 0 Å². The molecule has 0 unspecified atom stereocenters. The molecule has 3 nitrogen and oxygen atoms in total. The first kappa shape index (κ1) is 13.7. The van der Waals surface area contributed by atoms with E-state index < -0.39 is 0 Å². The summed E-state index contributed by atoms with van der Waals surface area (Å²) in [4.78, 5) is 0. The molecule has 0 aromatic heterocycles. The first-order valence-electron chi connectivity index (χ1n) is 6.27. The lowest BCUT2D eigenvalue weighted by atomic mass is 10.2. The second-order valence-corrected chi connectivity index (χ2v) is 4.09. The monoisotopic (exact) mass is 237 g/mol. The molecule has 0 radical (unpaired) electrons. The van der Waals surface area contributed by atoms with Crippen molar-refractivity contribution < 1.29 is 9.47 Å². The maximum absolute atomic E-state index is 5.22. The summed E-state index contributed by atoms with van der Waals surface area (Å²) in [6.45, 7) is 3.22. The summed E-state index contributed by atoms with van der Waals surface area (Å²) in [5.41, 5.74) is 1.05. The highest BCUT2D eigenvalue weighted by atomic mass is 16.5. The summed E-state index contributed by atoms with van der Waals surface area (Å²) in [5, 5.41) is 3.39. The molecular weight excluding hydrogens is 214 g/mol. The number of ether oxygens (including phenoxy) is 2. The van der Waals surface area contributed by atoms with Crippen molar-refractivity contribution in [3.05, 3.63) is 18.2 Å². The molecule has 3 heteroatoms. The predicted octanol–water partition coefficient (Wildman–Crippen LogP) is 3.70. The lowest BCUT2D eigenvalue weighted by molar-refractivity contribution is 0.394. The van der Waals surface area contributed by atoms with Crippen molar-refractivity contribution in [3.8, 4) is 11.5 Å². The van der Waals surface area contributed by atoms with Gasteiger partial charge in [0.15, 0.2) is 0 Å². The van der Waals surface area contributed by atoms with E-state index in [-0.39, 0.29) is 0 Å². The van der Waals surface area contributed by atoms with Crippen LogP contribution < -0.4 is 14.8 Å². The summed E-state index contributed by atoms with van der Waals surface area (Å²) in [7, 11) is 3.33. The van der Waals surface area contributed by atoms with Gasteiger partial charge in [0.2, 0.25) is 0 Å². The summed E-state index contributed by atoms with van der Waals surface area (Å²) in [5.74, 6) is 1.64. The van der Waals surface area contributed by atoms with E-state index in [0.29, 0.717) is 0 Å². The third kappa shape index (κ3) is 4.98. The quantitative estimate of drug-likeness (QED) is 0.699. The number of methoxy groups -OCH3 is 2. The summed E-state index contributed by atoms with van der Waals surface area (Å²) >= 11 is 0. The van der Waals surface area contributed by atoms with Gasteiger partial charge in [0.05, 0.1) is 14.2 Å². The molecule has 1 N–H and O–H groups in total. The Hall–Kier alpha value is -1.38. The number of unbranched alkanes of at least 4 members (excludes halogenated alkanes) is 3. The zero-order valence-electron chi connectivity index (χ0n) is 11.1. The Morgan fingerprint density at radius 3 is 2.12 bits per heavy atom. The number of hydrogen-bond acceptors (Lipinski definition) is 3. The zero-order chi connectivity index (χ0) is 12.5. The van der Waals surface area contributed by atoms with Crippen molar-refractivity contribution in [1.82, 2.24) is 0 Å². The predicted molar refractivity (Wildman–Crippen MR) is 72.2 cm³/mol. The maximum Gasteiger partial charge on any atom is 0.124 e. The molecule has 1 aromatic rings. The minimum atomic E-state index is 0.820. The fraction of sp³-hybridized carbons (Fsp3) is 0.571. The first-order valence-corrected chi connectivity index (χ1v) is 6.27. The molecule has 96 valence electrons. The van der Waals surface area contributed by atoms with E-state index >= 15 is 0 Å². The number of benzene rings is 1. The fourth-order valence-electron chi connectivity index (χ4n) is 1.69. The van der Waals surface area contributed by atoms with Gasteiger partial charge in [-0.15, -0.1) is 0 Å². The normalized spacial score (nSPS) is 10.1. The van der Waals surface area contributed by atoms with Crippen LogP contribution in [0.4, 0.5) is 5.69 Å². The van der Waals surface area contributed by atoms with Crippen LogP contribution in [0.2, 0.25) is 0 Å². The average molecular weight is 237 g/mol. The molecule has 0 amide bonds. The first-order chi connectivity index (χ1) is 8.30. The Morgan fingerprint density at radius 2 is 1.59 bits per heavy atom. The second-order valence-electron chi connectivity index (χ2n) is 4.09. The SMILES string of the molecule is CCCCCCNc1cc(OC)cc(OC)c1. The van der Waals surface area contributed by atoms with Crippen molar-refractivity contribution in [3.63, 3.8) is 0 Å². The van der Waals surface area contributed by atoms with E-state index in [4.69, 9.17) is 9.47 Å². The summed E-state index contributed by atoms with van der Waals surface area (Å²) in [6, 6.07) is 5.85. The molecule has 1 aromatic carbocycles. The van der Waals surface area contributed by atoms with E-state index in [1.807, 2.05) is 18.2 Å². The second kappa shape index (κ2) is 7.82. The van der Waals surface area contributed by atoms with Crippen LogP contribution in [0, 0.1) is 0 Å². The van der Waals surface area contributed by atoms with Gasteiger partial charge in [-0.2, -0.15) is 0 Å². The van der Waals surface area contributed by atoms with Gasteiger partial charge in [-0.1, -0.05) is 26.2 Å². The summed E-state index contributed by atoms with van der Waals surface area (Å²) in [6.07, 6.45) is 5.06. The van der Waals surface area contributed by atoms with Crippen LogP contribution in [0.25, 0.3) is 0 Å². The van der Waals surface area contributed by atoms with Gasteiger partial charge >= 0.3 is 0 Å². The van der Waals surface area contributed by atoms with E-state index in [1.54, 1.807) is 14.2 Å². The molecule has 0 saturated carbocycles. The topological polar surface area (TPSA) is 30.5 Å². The van der Waals surface area contributed by atoms with Crippen molar-refractivity contribution >= 4 is 5.69 Å². The molecule has 0 atom stereocenters. The van der Waals surface area contributed by atoms with Crippen LogP contribution in [0.15, 0.2) is 18.2 Å². The number of hydrogen-bond donors (Lipinski definition) is 1.